The van der Waals surface area contributed by atoms with E-state index in [0.29, 0.717) is 39.0 Å². The molecule has 31 heavy (non-hydrogen) atoms. The van der Waals surface area contributed by atoms with Gasteiger partial charge in [0.25, 0.3) is 0 Å². The second-order valence-electron chi connectivity index (χ2n) is 6.96. The molecule has 2 aromatic carbocycles. The number of nitrogens with one attached hydrogen (secondary N) is 2. The maximum absolute atomic E-state index is 12.8. The number of rotatable bonds is 7. The molecule has 0 saturated carbocycles. The first-order valence-corrected chi connectivity index (χ1v) is 11.2. The van der Waals surface area contributed by atoms with E-state index in [0.717, 1.165) is 0 Å². The number of carbonyl (C=O) groups is 1. The van der Waals surface area contributed by atoms with Crippen molar-refractivity contribution in [1.29, 1.82) is 0 Å². The molecule has 4 N–H and O–H groups in total. The van der Waals surface area contributed by atoms with Gasteiger partial charge in [0, 0.05) is 23.5 Å². The van der Waals surface area contributed by atoms with Gasteiger partial charge in [-0.3, -0.25) is 9.52 Å². The number of amides is 1. The molecule has 156 valence electrons. The molecule has 0 unspecified atom stereocenters. The van der Waals surface area contributed by atoms with E-state index in [1.165, 1.54) is 6.20 Å². The van der Waals surface area contributed by atoms with Crippen LogP contribution in [0, 0.1) is 0 Å². The van der Waals surface area contributed by atoms with Crippen LogP contribution in [-0.2, 0) is 20.6 Å². The Kier molecular flexibility index (Phi) is 5.55. The topological polar surface area (TPSA) is 118 Å². The van der Waals surface area contributed by atoms with Crippen molar-refractivity contribution in [3.63, 3.8) is 0 Å². The number of fused-ring (bicyclic) bond motifs is 1. The van der Waals surface area contributed by atoms with E-state index in [2.05, 4.69) is 14.7 Å². The van der Waals surface area contributed by atoms with Crippen LogP contribution >= 0.6 is 0 Å². The molecule has 0 spiro atoms. The highest BCUT2D eigenvalue weighted by Gasteiger charge is 2.17. The molecule has 4 aromatic rings. The van der Waals surface area contributed by atoms with Crippen molar-refractivity contribution in [3.8, 4) is 0 Å². The van der Waals surface area contributed by atoms with Crippen LogP contribution in [0.1, 0.15) is 16.7 Å². The van der Waals surface area contributed by atoms with Crippen LogP contribution in [0.25, 0.3) is 22.7 Å². The van der Waals surface area contributed by atoms with E-state index in [9.17, 15) is 13.2 Å². The molecule has 2 aromatic heterocycles. The fourth-order valence-corrected chi connectivity index (χ4v) is 4.56. The number of anilines is 1. The number of carbonyl (C=O) groups excluding carboxylic acids is 1. The third-order valence-electron chi connectivity index (χ3n) is 4.72. The van der Waals surface area contributed by atoms with Gasteiger partial charge in [0.2, 0.25) is 15.9 Å². The van der Waals surface area contributed by atoms with Gasteiger partial charge in [-0.1, -0.05) is 60.7 Å². The molecular weight excluding hydrogens is 412 g/mol. The van der Waals surface area contributed by atoms with Crippen molar-refractivity contribution in [2.24, 2.45) is 5.73 Å². The molecule has 2 heterocycles. The van der Waals surface area contributed by atoms with Gasteiger partial charge in [-0.05, 0) is 23.3 Å². The number of nitrogens with two attached hydrogens (primary N) is 1. The summed E-state index contributed by atoms with van der Waals surface area (Å²) in [5.74, 6) is -0.750. The smallest absolute Gasteiger partial charge is 0.249 e. The SMILES string of the molecule is NC(=O)/C(=C/c1c[nH]c2nccc(NS(=O)(=O)Cc3ccccc3)c12)c1ccccc1. The number of aromatic amines is 1. The van der Waals surface area contributed by atoms with Gasteiger partial charge in [-0.15, -0.1) is 0 Å². The van der Waals surface area contributed by atoms with Gasteiger partial charge in [-0.2, -0.15) is 0 Å². The lowest BCUT2D eigenvalue weighted by molar-refractivity contribution is -0.112. The summed E-state index contributed by atoms with van der Waals surface area (Å²) < 4.78 is 28.2. The second-order valence-corrected chi connectivity index (χ2v) is 8.68. The molecule has 0 bridgehead atoms. The predicted molar refractivity (Wildman–Crippen MR) is 122 cm³/mol. The van der Waals surface area contributed by atoms with E-state index >= 15 is 0 Å². The lowest BCUT2D eigenvalue weighted by atomic mass is 10.0. The van der Waals surface area contributed by atoms with Crippen LogP contribution in [0.3, 0.4) is 0 Å². The van der Waals surface area contributed by atoms with Crippen molar-refractivity contribution in [2.75, 3.05) is 4.72 Å². The molecular formula is C23H20N4O3S. The average Bonchev–Trinajstić information content (AvgIpc) is 3.16. The maximum atomic E-state index is 12.8. The summed E-state index contributed by atoms with van der Waals surface area (Å²) in [5.41, 5.74) is 8.71. The number of pyridine rings is 1. The number of aromatic nitrogens is 2. The minimum Gasteiger partial charge on any atom is -0.366 e. The Labute approximate surface area is 179 Å². The largest absolute Gasteiger partial charge is 0.366 e. The monoisotopic (exact) mass is 432 g/mol. The lowest BCUT2D eigenvalue weighted by Crippen LogP contribution is -2.15. The first-order chi connectivity index (χ1) is 14.9. The molecule has 0 aliphatic heterocycles. The molecule has 7 nitrogen and oxygen atoms in total. The molecule has 1 amide bonds. The standard InChI is InChI=1S/C23H20N4O3S/c24-22(28)19(17-9-5-2-6-10-17)13-18-14-26-23-21(18)20(11-12-25-23)27-31(29,30)15-16-7-3-1-4-8-16/h1-14H,15H2,(H2,24,28)(H2,25,26,27)/b19-13+. The molecule has 8 heteroatoms. The third kappa shape index (κ3) is 4.65. The number of H-pyrrole nitrogens is 1. The summed E-state index contributed by atoms with van der Waals surface area (Å²) in [5, 5.41) is 0.550. The van der Waals surface area contributed by atoms with Crippen LogP contribution in [-0.4, -0.2) is 24.3 Å². The Bertz CT molecular complexity index is 1360. The van der Waals surface area contributed by atoms with Crippen LogP contribution < -0.4 is 10.5 Å². The van der Waals surface area contributed by atoms with E-state index in [4.69, 9.17) is 5.73 Å². The molecule has 0 aliphatic rings. The van der Waals surface area contributed by atoms with Crippen LogP contribution in [0.2, 0.25) is 0 Å². The molecule has 0 saturated heterocycles. The summed E-state index contributed by atoms with van der Waals surface area (Å²) in [6.07, 6.45) is 4.81. The average molecular weight is 433 g/mol. The van der Waals surface area contributed by atoms with Gasteiger partial charge in [0.1, 0.15) is 5.65 Å². The van der Waals surface area contributed by atoms with Gasteiger partial charge in [0.05, 0.1) is 16.8 Å². The maximum Gasteiger partial charge on any atom is 0.249 e. The highest BCUT2D eigenvalue weighted by molar-refractivity contribution is 7.91. The van der Waals surface area contributed by atoms with Crippen LogP contribution in [0.5, 0.6) is 0 Å². The van der Waals surface area contributed by atoms with Crippen molar-refractivity contribution >= 4 is 44.3 Å². The first-order valence-electron chi connectivity index (χ1n) is 9.50. The number of hydrogen-bond acceptors (Lipinski definition) is 4. The van der Waals surface area contributed by atoms with E-state index in [-0.39, 0.29) is 5.75 Å². The van der Waals surface area contributed by atoms with Gasteiger partial charge in [0.15, 0.2) is 0 Å². The highest BCUT2D eigenvalue weighted by Crippen LogP contribution is 2.30. The number of hydrogen-bond donors (Lipinski definition) is 3. The molecule has 0 aliphatic carbocycles. The van der Waals surface area contributed by atoms with Crippen molar-refractivity contribution in [2.45, 2.75) is 5.75 Å². The van der Waals surface area contributed by atoms with E-state index < -0.39 is 15.9 Å². The Morgan fingerprint density at radius 2 is 1.71 bits per heavy atom. The predicted octanol–water partition coefficient (Wildman–Crippen LogP) is 3.53. The van der Waals surface area contributed by atoms with Crippen LogP contribution in [0.4, 0.5) is 5.69 Å². The van der Waals surface area contributed by atoms with Crippen LogP contribution in [0.15, 0.2) is 79.1 Å². The Hall–Kier alpha value is -3.91. The van der Waals surface area contributed by atoms with Gasteiger partial charge >= 0.3 is 0 Å². The zero-order valence-corrected chi connectivity index (χ0v) is 17.3. The number of primary amides is 1. The molecule has 4 rings (SSSR count). The highest BCUT2D eigenvalue weighted by atomic mass is 32.2. The molecule has 0 fully saturated rings. The first kappa shape index (κ1) is 20.4. The lowest BCUT2D eigenvalue weighted by Gasteiger charge is -2.10. The minimum absolute atomic E-state index is 0.163. The fourth-order valence-electron chi connectivity index (χ4n) is 3.35. The Morgan fingerprint density at radius 3 is 2.39 bits per heavy atom. The summed E-state index contributed by atoms with van der Waals surface area (Å²) in [6, 6.07) is 19.5. The fraction of sp³-hybridized carbons (Fsp3) is 0.0435. The minimum atomic E-state index is -3.67. The van der Waals surface area contributed by atoms with Crippen molar-refractivity contribution in [3.05, 3.63) is 95.8 Å². The second kappa shape index (κ2) is 8.45. The quantitative estimate of drug-likeness (QED) is 0.387. The third-order valence-corrected chi connectivity index (χ3v) is 5.96. The Balaban J connectivity index is 1.75. The number of nitrogens with zero attached hydrogens (tertiary/aromatic N) is 1. The normalized spacial score (nSPS) is 12.1. The number of sulfonamides is 1. The summed E-state index contributed by atoms with van der Waals surface area (Å²) >= 11 is 0. The van der Waals surface area contributed by atoms with Crippen molar-refractivity contribution < 1.29 is 13.2 Å². The summed E-state index contributed by atoms with van der Waals surface area (Å²) in [4.78, 5) is 19.4. The summed E-state index contributed by atoms with van der Waals surface area (Å²) in [6.45, 7) is 0. The summed E-state index contributed by atoms with van der Waals surface area (Å²) in [7, 11) is -3.67. The zero-order chi connectivity index (χ0) is 21.8. The molecule has 0 radical (unpaired) electrons. The zero-order valence-electron chi connectivity index (χ0n) is 16.4. The van der Waals surface area contributed by atoms with Crippen molar-refractivity contribution in [1.82, 2.24) is 9.97 Å². The number of benzene rings is 2. The van der Waals surface area contributed by atoms with E-state index in [1.807, 2.05) is 24.3 Å². The Morgan fingerprint density at radius 1 is 1.03 bits per heavy atom. The van der Waals surface area contributed by atoms with Gasteiger partial charge in [-0.25, -0.2) is 13.4 Å². The molecule has 0 atom stereocenters. The van der Waals surface area contributed by atoms with E-state index in [1.54, 1.807) is 54.7 Å². The van der Waals surface area contributed by atoms with Gasteiger partial charge < -0.3 is 10.7 Å².